The lowest BCUT2D eigenvalue weighted by Crippen LogP contribution is -2.26. The van der Waals surface area contributed by atoms with Gasteiger partial charge in [-0.05, 0) is 6.92 Å². The Bertz CT molecular complexity index is 40.7. The van der Waals surface area contributed by atoms with E-state index in [4.69, 9.17) is 4.84 Å². The molecule has 0 spiro atoms. The quantitative estimate of drug-likeness (QED) is 0.432. The van der Waals surface area contributed by atoms with Crippen LogP contribution in [-0.4, -0.2) is 15.6 Å². The Labute approximate surface area is 46.5 Å². The Kier molecular flexibility index (Phi) is 4.38. The van der Waals surface area contributed by atoms with Gasteiger partial charge >= 0.3 is 0 Å². The number of nitrogens with one attached hydrogen (secondary N) is 1. The molecule has 3 heteroatoms. The van der Waals surface area contributed by atoms with Crippen molar-refractivity contribution in [1.82, 2.24) is 5.15 Å². The monoisotopic (exact) mass is 119 g/mol. The van der Waals surface area contributed by atoms with E-state index in [9.17, 15) is 0 Å². The van der Waals surface area contributed by atoms with Gasteiger partial charge in [-0.2, -0.15) is 0 Å². The van der Waals surface area contributed by atoms with Crippen molar-refractivity contribution in [3.8, 4) is 0 Å². The molecule has 0 atom stereocenters. The van der Waals surface area contributed by atoms with E-state index >= 15 is 0 Å². The van der Waals surface area contributed by atoms with E-state index in [1.165, 1.54) is 0 Å². The van der Waals surface area contributed by atoms with Crippen LogP contribution in [0.2, 0.25) is 13.1 Å². The first-order valence-corrected chi connectivity index (χ1v) is 5.53. The maximum absolute atomic E-state index is 4.91. The van der Waals surface area contributed by atoms with E-state index in [0.717, 1.165) is 6.61 Å². The predicted octanol–water partition coefficient (Wildman–Crippen LogP) is 0.511. The van der Waals surface area contributed by atoms with Crippen LogP contribution in [0.5, 0.6) is 0 Å². The minimum atomic E-state index is -0.660. The summed E-state index contributed by atoms with van der Waals surface area (Å²) in [5.74, 6) is 0. The standard InChI is InChI=1S/C4H13NOSi/c1-4-6-5-7(2)3/h5,7H,4H2,1-3H3. The lowest BCUT2D eigenvalue weighted by atomic mass is 10.9. The Morgan fingerprint density at radius 2 is 2.14 bits per heavy atom. The molecule has 0 fully saturated rings. The molecule has 0 aromatic heterocycles. The highest BCUT2D eigenvalue weighted by atomic mass is 28.3. The van der Waals surface area contributed by atoms with Gasteiger partial charge in [-0.1, -0.05) is 13.1 Å². The van der Waals surface area contributed by atoms with Gasteiger partial charge in [0.2, 0.25) is 0 Å². The predicted molar refractivity (Wildman–Crippen MR) is 33.6 cm³/mol. The molecule has 44 valence electrons. The van der Waals surface area contributed by atoms with Crippen LogP contribution >= 0.6 is 0 Å². The van der Waals surface area contributed by atoms with Crippen molar-refractivity contribution in [2.24, 2.45) is 0 Å². The molecule has 0 saturated heterocycles. The first-order valence-electron chi connectivity index (χ1n) is 2.64. The van der Waals surface area contributed by atoms with Gasteiger partial charge < -0.3 is 4.84 Å². The molecule has 0 amide bonds. The van der Waals surface area contributed by atoms with E-state index in [-0.39, 0.29) is 0 Å². The summed E-state index contributed by atoms with van der Waals surface area (Å²) in [7, 11) is -0.660. The Balaban J connectivity index is 2.68. The Morgan fingerprint density at radius 3 is 2.29 bits per heavy atom. The van der Waals surface area contributed by atoms with Gasteiger partial charge in [0.1, 0.15) is 8.96 Å². The van der Waals surface area contributed by atoms with E-state index in [0.29, 0.717) is 0 Å². The van der Waals surface area contributed by atoms with Crippen LogP contribution in [0.4, 0.5) is 0 Å². The van der Waals surface area contributed by atoms with Crippen molar-refractivity contribution in [2.45, 2.75) is 20.0 Å². The van der Waals surface area contributed by atoms with Crippen LogP contribution in [0.15, 0.2) is 0 Å². The Hall–Kier alpha value is 0.137. The van der Waals surface area contributed by atoms with Crippen molar-refractivity contribution >= 4 is 8.96 Å². The fourth-order valence-corrected chi connectivity index (χ4v) is 0.750. The van der Waals surface area contributed by atoms with Crippen LogP contribution < -0.4 is 5.15 Å². The van der Waals surface area contributed by atoms with Crippen LogP contribution in [0, 0.1) is 0 Å². The highest BCUT2D eigenvalue weighted by molar-refractivity contribution is 6.52. The molecule has 0 unspecified atom stereocenters. The molecular formula is C4H13NOSi. The summed E-state index contributed by atoms with van der Waals surface area (Å²) in [6, 6.07) is 0. The van der Waals surface area contributed by atoms with Crippen LogP contribution in [0.1, 0.15) is 6.92 Å². The number of rotatable bonds is 3. The molecule has 0 bridgehead atoms. The molecule has 0 heterocycles. The summed E-state index contributed by atoms with van der Waals surface area (Å²) >= 11 is 0. The van der Waals surface area contributed by atoms with E-state index in [1.807, 2.05) is 6.92 Å². The number of hydrogen-bond donors (Lipinski definition) is 1. The molecule has 1 N–H and O–H groups in total. The summed E-state index contributed by atoms with van der Waals surface area (Å²) in [6.45, 7) is 7.10. The first kappa shape index (κ1) is 7.14. The number of hydrogen-bond acceptors (Lipinski definition) is 2. The normalized spacial score (nSPS) is 10.3. The average Bonchev–Trinajstić information content (AvgIpc) is 1.61. The third-order valence-corrected chi connectivity index (χ3v) is 1.10. The van der Waals surface area contributed by atoms with Crippen molar-refractivity contribution in [3.63, 3.8) is 0 Å². The van der Waals surface area contributed by atoms with Gasteiger partial charge in [0.25, 0.3) is 0 Å². The average molecular weight is 119 g/mol. The minimum Gasteiger partial charge on any atom is -0.310 e. The lowest BCUT2D eigenvalue weighted by molar-refractivity contribution is 0.102. The van der Waals surface area contributed by atoms with Gasteiger partial charge in [0, 0.05) is 0 Å². The zero-order valence-electron chi connectivity index (χ0n) is 5.19. The van der Waals surface area contributed by atoms with Gasteiger partial charge in [-0.3, -0.25) is 0 Å². The first-order chi connectivity index (χ1) is 3.27. The molecule has 7 heavy (non-hydrogen) atoms. The lowest BCUT2D eigenvalue weighted by Gasteiger charge is -2.02. The second-order valence-corrected chi connectivity index (χ2v) is 4.25. The maximum Gasteiger partial charge on any atom is 0.134 e. The van der Waals surface area contributed by atoms with Gasteiger partial charge in [0.15, 0.2) is 0 Å². The summed E-state index contributed by atoms with van der Waals surface area (Å²) in [5.41, 5.74) is 0. The van der Waals surface area contributed by atoms with E-state index < -0.39 is 8.96 Å². The minimum absolute atomic E-state index is 0.660. The second kappa shape index (κ2) is 4.30. The summed E-state index contributed by atoms with van der Waals surface area (Å²) < 4.78 is 0. The van der Waals surface area contributed by atoms with E-state index in [2.05, 4.69) is 18.2 Å². The highest BCUT2D eigenvalue weighted by Crippen LogP contribution is 1.70. The summed E-state index contributed by atoms with van der Waals surface area (Å²) in [6.07, 6.45) is 0. The molecule has 0 aliphatic rings. The van der Waals surface area contributed by atoms with Crippen LogP contribution in [-0.2, 0) is 4.84 Å². The molecule has 0 rings (SSSR count). The largest absolute Gasteiger partial charge is 0.310 e. The Morgan fingerprint density at radius 1 is 1.57 bits per heavy atom. The highest BCUT2D eigenvalue weighted by Gasteiger charge is 1.88. The maximum atomic E-state index is 4.91. The smallest absolute Gasteiger partial charge is 0.134 e. The fourth-order valence-electron chi connectivity index (χ4n) is 0.250. The van der Waals surface area contributed by atoms with Crippen LogP contribution in [0.3, 0.4) is 0 Å². The van der Waals surface area contributed by atoms with E-state index in [1.54, 1.807) is 0 Å². The molecule has 0 aliphatic heterocycles. The SMILES string of the molecule is CCON[SiH](C)C. The fraction of sp³-hybridized carbons (Fsp3) is 1.00. The zero-order chi connectivity index (χ0) is 5.70. The van der Waals surface area contributed by atoms with Crippen molar-refractivity contribution in [2.75, 3.05) is 6.61 Å². The van der Waals surface area contributed by atoms with Crippen molar-refractivity contribution in [1.29, 1.82) is 0 Å². The molecular weight excluding hydrogens is 106 g/mol. The zero-order valence-corrected chi connectivity index (χ0v) is 6.35. The third kappa shape index (κ3) is 6.14. The summed E-state index contributed by atoms with van der Waals surface area (Å²) in [5, 5.41) is 2.93. The van der Waals surface area contributed by atoms with Crippen molar-refractivity contribution < 1.29 is 4.84 Å². The molecule has 0 aromatic rings. The molecule has 0 radical (unpaired) electrons. The van der Waals surface area contributed by atoms with Crippen molar-refractivity contribution in [3.05, 3.63) is 0 Å². The topological polar surface area (TPSA) is 21.3 Å². The second-order valence-electron chi connectivity index (χ2n) is 1.71. The molecule has 2 nitrogen and oxygen atoms in total. The third-order valence-electron chi connectivity index (χ3n) is 0.463. The van der Waals surface area contributed by atoms with Gasteiger partial charge in [0.05, 0.1) is 6.61 Å². The summed E-state index contributed by atoms with van der Waals surface area (Å²) in [4.78, 5) is 4.91. The van der Waals surface area contributed by atoms with Crippen LogP contribution in [0.25, 0.3) is 0 Å². The van der Waals surface area contributed by atoms with Gasteiger partial charge in [-0.15, -0.1) is 0 Å². The van der Waals surface area contributed by atoms with Gasteiger partial charge in [-0.25, -0.2) is 5.15 Å². The molecule has 0 aliphatic carbocycles. The molecule has 0 saturated carbocycles. The molecule has 0 aromatic carbocycles.